The molecule has 9 heteroatoms. The Hall–Kier alpha value is -3.04. The van der Waals surface area contributed by atoms with Crippen LogP contribution in [0.5, 0.6) is 0 Å². The van der Waals surface area contributed by atoms with Crippen LogP contribution in [0.25, 0.3) is 5.65 Å². The average Bonchev–Trinajstić information content (AvgIpc) is 3.40. The van der Waals surface area contributed by atoms with Gasteiger partial charge < -0.3 is 9.72 Å². The monoisotopic (exact) mass is 397 g/mol. The second kappa shape index (κ2) is 7.68. The van der Waals surface area contributed by atoms with Crippen LogP contribution in [0.4, 0.5) is 5.13 Å². The van der Waals surface area contributed by atoms with Gasteiger partial charge in [-0.1, -0.05) is 6.07 Å². The predicted molar refractivity (Wildman–Crippen MR) is 105 cm³/mol. The molecule has 7 nitrogen and oxygen atoms in total. The number of amides is 2. The Morgan fingerprint density at radius 2 is 2.04 bits per heavy atom. The lowest BCUT2D eigenvalue weighted by Crippen LogP contribution is -2.24. The molecule has 0 spiro atoms. The average molecular weight is 397 g/mol. The van der Waals surface area contributed by atoms with Crippen molar-refractivity contribution < 1.29 is 9.59 Å². The number of aromatic nitrogens is 3. The maximum atomic E-state index is 12.2. The summed E-state index contributed by atoms with van der Waals surface area (Å²) in [7, 11) is 0. The number of nitrogens with zero attached hydrogens (tertiary/aromatic N) is 3. The molecule has 0 radical (unpaired) electrons. The van der Waals surface area contributed by atoms with E-state index in [2.05, 4.69) is 20.6 Å². The van der Waals surface area contributed by atoms with Gasteiger partial charge in [-0.3, -0.25) is 14.9 Å². The Balaban J connectivity index is 1.30. The topological polar surface area (TPSA) is 88.4 Å². The molecular formula is C18H15N5O2S2. The minimum Gasteiger partial charge on any atom is -0.350 e. The summed E-state index contributed by atoms with van der Waals surface area (Å²) in [4.78, 5) is 32.9. The number of anilines is 1. The van der Waals surface area contributed by atoms with Crippen LogP contribution in [-0.4, -0.2) is 26.2 Å². The number of pyridine rings is 1. The van der Waals surface area contributed by atoms with E-state index >= 15 is 0 Å². The van der Waals surface area contributed by atoms with E-state index in [1.807, 2.05) is 40.4 Å². The molecule has 0 atom stereocenters. The molecule has 0 aliphatic heterocycles. The number of fused-ring (bicyclic) bond motifs is 1. The highest BCUT2D eigenvalue weighted by Gasteiger charge is 2.12. The second-order valence-electron chi connectivity index (χ2n) is 5.76. The van der Waals surface area contributed by atoms with Crippen LogP contribution in [0.15, 0.2) is 52.8 Å². The molecule has 2 amide bonds. The molecule has 27 heavy (non-hydrogen) atoms. The molecule has 0 aliphatic rings. The number of carbonyl (C=O) groups excluding carboxylic acids is 2. The highest BCUT2D eigenvalue weighted by atomic mass is 32.1. The van der Waals surface area contributed by atoms with Gasteiger partial charge in [-0.05, 0) is 23.6 Å². The van der Waals surface area contributed by atoms with E-state index in [1.54, 1.807) is 16.8 Å². The highest BCUT2D eigenvalue weighted by Crippen LogP contribution is 2.17. The largest absolute Gasteiger partial charge is 0.350 e. The Kier molecular flexibility index (Phi) is 4.95. The van der Waals surface area contributed by atoms with Crippen LogP contribution in [0.1, 0.15) is 21.7 Å². The smallest absolute Gasteiger partial charge is 0.258 e. The van der Waals surface area contributed by atoms with Gasteiger partial charge in [0.15, 0.2) is 5.13 Å². The van der Waals surface area contributed by atoms with Crippen LogP contribution in [0, 0.1) is 0 Å². The van der Waals surface area contributed by atoms with Crippen molar-refractivity contribution in [3.63, 3.8) is 0 Å². The van der Waals surface area contributed by atoms with Gasteiger partial charge in [-0.25, -0.2) is 9.97 Å². The van der Waals surface area contributed by atoms with Crippen molar-refractivity contribution in [2.45, 2.75) is 13.0 Å². The summed E-state index contributed by atoms with van der Waals surface area (Å²) in [6.07, 6.45) is 3.95. The van der Waals surface area contributed by atoms with E-state index in [1.165, 1.54) is 22.7 Å². The fourth-order valence-corrected chi connectivity index (χ4v) is 3.84. The normalized spacial score (nSPS) is 10.8. The van der Waals surface area contributed by atoms with Crippen molar-refractivity contribution in [3.8, 4) is 0 Å². The summed E-state index contributed by atoms with van der Waals surface area (Å²) in [5.74, 6) is -0.346. The minimum absolute atomic E-state index is 0.145. The number of imidazole rings is 1. The summed E-state index contributed by atoms with van der Waals surface area (Å²) in [5.41, 5.74) is 2.85. The molecule has 4 aromatic rings. The fraction of sp³-hybridized carbons (Fsp3) is 0.111. The van der Waals surface area contributed by atoms with E-state index < -0.39 is 0 Å². The van der Waals surface area contributed by atoms with Crippen molar-refractivity contribution >= 4 is 45.3 Å². The van der Waals surface area contributed by atoms with Gasteiger partial charge in [0.25, 0.3) is 5.91 Å². The third kappa shape index (κ3) is 4.21. The van der Waals surface area contributed by atoms with Gasteiger partial charge in [0.05, 0.1) is 29.9 Å². The molecule has 0 aromatic carbocycles. The first-order valence-electron chi connectivity index (χ1n) is 8.14. The Bertz CT molecular complexity index is 1050. The quantitative estimate of drug-likeness (QED) is 0.524. The van der Waals surface area contributed by atoms with Crippen LogP contribution >= 0.6 is 22.7 Å². The molecule has 0 saturated heterocycles. The molecule has 4 rings (SSSR count). The zero-order chi connectivity index (χ0) is 18.6. The van der Waals surface area contributed by atoms with Crippen molar-refractivity contribution in [2.24, 2.45) is 0 Å². The standard InChI is InChI=1S/C18H15N5O2S2/c24-16(19-8-14-9-23-5-2-1-3-15(23)20-14)7-13-11-27-18(21-13)22-17(25)12-4-6-26-10-12/h1-6,9-11H,7-8H2,(H,19,24)(H,21,22,25). The lowest BCUT2D eigenvalue weighted by atomic mass is 10.3. The molecule has 0 saturated carbocycles. The molecule has 0 unspecified atom stereocenters. The zero-order valence-corrected chi connectivity index (χ0v) is 15.7. The van der Waals surface area contributed by atoms with Crippen LogP contribution in [0.2, 0.25) is 0 Å². The number of thiazole rings is 1. The second-order valence-corrected chi connectivity index (χ2v) is 7.40. The lowest BCUT2D eigenvalue weighted by molar-refractivity contribution is -0.120. The van der Waals surface area contributed by atoms with Gasteiger partial charge in [-0.15, -0.1) is 11.3 Å². The van der Waals surface area contributed by atoms with E-state index in [4.69, 9.17) is 0 Å². The Morgan fingerprint density at radius 1 is 1.11 bits per heavy atom. The molecule has 2 N–H and O–H groups in total. The van der Waals surface area contributed by atoms with E-state index in [0.717, 1.165) is 11.3 Å². The van der Waals surface area contributed by atoms with E-state index in [-0.39, 0.29) is 18.2 Å². The number of hydrogen-bond acceptors (Lipinski definition) is 6. The molecule has 136 valence electrons. The molecular weight excluding hydrogens is 382 g/mol. The van der Waals surface area contributed by atoms with E-state index in [0.29, 0.717) is 22.9 Å². The number of carbonyl (C=O) groups is 2. The predicted octanol–water partition coefficient (Wildman–Crippen LogP) is 2.96. The summed E-state index contributed by atoms with van der Waals surface area (Å²) >= 11 is 2.76. The molecule has 4 heterocycles. The Morgan fingerprint density at radius 3 is 2.85 bits per heavy atom. The first kappa shape index (κ1) is 17.4. The highest BCUT2D eigenvalue weighted by molar-refractivity contribution is 7.14. The third-order valence-corrected chi connectivity index (χ3v) is 5.27. The molecule has 0 bridgehead atoms. The number of rotatable bonds is 6. The van der Waals surface area contributed by atoms with Gasteiger partial charge in [-0.2, -0.15) is 11.3 Å². The number of nitrogens with one attached hydrogen (secondary N) is 2. The molecule has 4 aromatic heterocycles. The van der Waals surface area contributed by atoms with Crippen molar-refractivity contribution in [1.29, 1.82) is 0 Å². The fourth-order valence-electron chi connectivity index (χ4n) is 2.50. The van der Waals surface area contributed by atoms with Crippen molar-refractivity contribution in [1.82, 2.24) is 19.7 Å². The van der Waals surface area contributed by atoms with E-state index in [9.17, 15) is 9.59 Å². The third-order valence-electron chi connectivity index (χ3n) is 3.78. The summed E-state index contributed by atoms with van der Waals surface area (Å²) < 4.78 is 1.91. The Labute approximate surface area is 162 Å². The molecule has 0 fully saturated rings. The maximum absolute atomic E-state index is 12.2. The van der Waals surface area contributed by atoms with Crippen LogP contribution in [-0.2, 0) is 17.8 Å². The van der Waals surface area contributed by atoms with Crippen molar-refractivity contribution in [3.05, 3.63) is 69.8 Å². The summed E-state index contributed by atoms with van der Waals surface area (Å²) in [6.45, 7) is 0.354. The maximum Gasteiger partial charge on any atom is 0.258 e. The van der Waals surface area contributed by atoms with Gasteiger partial charge in [0.1, 0.15) is 5.65 Å². The summed E-state index contributed by atoms with van der Waals surface area (Å²) in [5, 5.41) is 11.5. The van der Waals surface area contributed by atoms with Gasteiger partial charge >= 0.3 is 0 Å². The SMILES string of the molecule is O=C(Cc1csc(NC(=O)c2ccsc2)n1)NCc1cn2ccccc2n1. The first-order valence-corrected chi connectivity index (χ1v) is 9.97. The summed E-state index contributed by atoms with van der Waals surface area (Å²) in [6, 6.07) is 7.50. The van der Waals surface area contributed by atoms with Crippen molar-refractivity contribution in [2.75, 3.05) is 5.32 Å². The van der Waals surface area contributed by atoms with Gasteiger partial charge in [0.2, 0.25) is 5.91 Å². The minimum atomic E-state index is -0.201. The number of hydrogen-bond donors (Lipinski definition) is 2. The number of thiophene rings is 1. The van der Waals surface area contributed by atoms with Gasteiger partial charge in [0, 0.05) is 23.2 Å². The zero-order valence-electron chi connectivity index (χ0n) is 14.1. The van der Waals surface area contributed by atoms with Crippen LogP contribution < -0.4 is 10.6 Å². The van der Waals surface area contributed by atoms with Crippen LogP contribution in [0.3, 0.4) is 0 Å². The lowest BCUT2D eigenvalue weighted by Gasteiger charge is -2.01. The first-order chi connectivity index (χ1) is 13.2. The molecule has 0 aliphatic carbocycles.